The van der Waals surface area contributed by atoms with Crippen LogP contribution in [0.4, 0.5) is 0 Å². The zero-order valence-electron chi connectivity index (χ0n) is 15.6. The molecule has 0 aromatic heterocycles. The summed E-state index contributed by atoms with van der Waals surface area (Å²) in [6.07, 6.45) is 0.218. The topological polar surface area (TPSA) is 69.6 Å². The predicted octanol–water partition coefficient (Wildman–Crippen LogP) is 5.22. The Kier molecular flexibility index (Phi) is 7.29. The van der Waals surface area contributed by atoms with Gasteiger partial charge in [0.25, 0.3) is 0 Å². The number of benzene rings is 3. The Bertz CT molecular complexity index is 990. The first kappa shape index (κ1) is 21.3. The van der Waals surface area contributed by atoms with Crippen LogP contribution in [0.25, 0.3) is 11.1 Å². The van der Waals surface area contributed by atoms with Crippen molar-refractivity contribution in [1.82, 2.24) is 5.32 Å². The zero-order valence-corrected chi connectivity index (χ0v) is 17.1. The number of carbonyl (C=O) groups is 1. The second-order valence-corrected chi connectivity index (χ2v) is 7.57. The van der Waals surface area contributed by atoms with Gasteiger partial charge >= 0.3 is 5.97 Å². The number of nitrogens with one attached hydrogen (secondary N) is 1. The summed E-state index contributed by atoms with van der Waals surface area (Å²) in [5.74, 6) is -1.04. The summed E-state index contributed by atoms with van der Waals surface area (Å²) in [6.45, 7) is 1.18. The third kappa shape index (κ3) is 5.81. The molecule has 3 N–H and O–H groups in total. The average molecular weight is 430 g/mol. The van der Waals surface area contributed by atoms with Gasteiger partial charge in [0.05, 0.1) is 16.7 Å². The van der Waals surface area contributed by atoms with Gasteiger partial charge in [-0.1, -0.05) is 65.7 Å². The van der Waals surface area contributed by atoms with Crippen molar-refractivity contribution < 1.29 is 15.0 Å². The van der Waals surface area contributed by atoms with Crippen molar-refractivity contribution in [1.29, 1.82) is 0 Å². The molecule has 0 fully saturated rings. The normalized spacial score (nSPS) is 12.0. The van der Waals surface area contributed by atoms with Crippen molar-refractivity contribution in [3.05, 3.63) is 93.5 Å². The lowest BCUT2D eigenvalue weighted by Crippen LogP contribution is -2.23. The van der Waals surface area contributed by atoms with Crippen molar-refractivity contribution in [3.8, 4) is 11.1 Å². The Morgan fingerprint density at radius 1 is 0.966 bits per heavy atom. The van der Waals surface area contributed by atoms with Gasteiger partial charge in [0.2, 0.25) is 0 Å². The van der Waals surface area contributed by atoms with Crippen molar-refractivity contribution in [2.75, 3.05) is 13.1 Å². The highest BCUT2D eigenvalue weighted by Gasteiger charge is 2.10. The number of rotatable bonds is 8. The van der Waals surface area contributed by atoms with E-state index < -0.39 is 12.1 Å². The largest absolute Gasteiger partial charge is 0.478 e. The van der Waals surface area contributed by atoms with E-state index in [0.29, 0.717) is 11.6 Å². The molecule has 0 radical (unpaired) electrons. The van der Waals surface area contributed by atoms with Gasteiger partial charge < -0.3 is 15.5 Å². The highest BCUT2D eigenvalue weighted by atomic mass is 35.5. The van der Waals surface area contributed by atoms with Crippen LogP contribution in [-0.4, -0.2) is 29.3 Å². The minimum atomic E-state index is -1.04. The SMILES string of the molecule is O=C(O)c1ccc(-c2ccc(CCNC[C@H](O)c3cccc(Cl)c3)cc2)cc1Cl. The minimum absolute atomic E-state index is 0.0954. The molecule has 0 aliphatic carbocycles. The number of carboxylic acids is 1. The van der Waals surface area contributed by atoms with E-state index in [4.69, 9.17) is 28.3 Å². The lowest BCUT2D eigenvalue weighted by atomic mass is 10.0. The molecule has 6 heteroatoms. The van der Waals surface area contributed by atoms with E-state index in [1.54, 1.807) is 24.3 Å². The maximum Gasteiger partial charge on any atom is 0.337 e. The molecule has 0 heterocycles. The number of aromatic carboxylic acids is 1. The first-order valence-electron chi connectivity index (χ1n) is 9.20. The van der Waals surface area contributed by atoms with Gasteiger partial charge in [-0.05, 0) is 59.5 Å². The van der Waals surface area contributed by atoms with Crippen LogP contribution in [0, 0.1) is 0 Å². The molecule has 0 aliphatic rings. The summed E-state index contributed by atoms with van der Waals surface area (Å²) in [7, 11) is 0. The molecule has 0 saturated heterocycles. The first-order chi connectivity index (χ1) is 13.9. The molecule has 0 unspecified atom stereocenters. The van der Waals surface area contributed by atoms with Gasteiger partial charge in [-0.2, -0.15) is 0 Å². The van der Waals surface area contributed by atoms with Gasteiger partial charge in [-0.3, -0.25) is 0 Å². The monoisotopic (exact) mass is 429 g/mol. The van der Waals surface area contributed by atoms with Crippen LogP contribution in [0.3, 0.4) is 0 Å². The number of aliphatic hydroxyl groups is 1. The molecule has 0 bridgehead atoms. The highest BCUT2D eigenvalue weighted by Crippen LogP contribution is 2.26. The van der Waals surface area contributed by atoms with Crippen LogP contribution in [0.2, 0.25) is 10.0 Å². The van der Waals surface area contributed by atoms with Gasteiger partial charge in [0.1, 0.15) is 0 Å². The lowest BCUT2D eigenvalue weighted by molar-refractivity contribution is 0.0697. The van der Waals surface area contributed by atoms with E-state index in [2.05, 4.69) is 5.32 Å². The first-order valence-corrected chi connectivity index (χ1v) is 9.96. The van der Waals surface area contributed by atoms with Crippen LogP contribution in [-0.2, 0) is 6.42 Å². The lowest BCUT2D eigenvalue weighted by Gasteiger charge is -2.12. The molecule has 0 saturated carbocycles. The molecule has 0 amide bonds. The highest BCUT2D eigenvalue weighted by molar-refractivity contribution is 6.33. The number of carboxylic acid groups (broad SMARTS) is 1. The third-order valence-electron chi connectivity index (χ3n) is 4.65. The zero-order chi connectivity index (χ0) is 20.8. The Balaban J connectivity index is 1.52. The molecule has 29 heavy (non-hydrogen) atoms. The minimum Gasteiger partial charge on any atom is -0.478 e. The van der Waals surface area contributed by atoms with Crippen LogP contribution in [0.1, 0.15) is 27.6 Å². The van der Waals surface area contributed by atoms with Gasteiger partial charge in [-0.25, -0.2) is 4.79 Å². The molecule has 4 nitrogen and oxygen atoms in total. The molecule has 3 rings (SSSR count). The summed E-state index contributed by atoms with van der Waals surface area (Å²) in [5.41, 5.74) is 3.89. The summed E-state index contributed by atoms with van der Waals surface area (Å²) < 4.78 is 0. The quantitative estimate of drug-likeness (QED) is 0.429. The number of aliphatic hydroxyl groups excluding tert-OH is 1. The summed E-state index contributed by atoms with van der Waals surface area (Å²) in [6, 6.07) is 20.2. The smallest absolute Gasteiger partial charge is 0.337 e. The van der Waals surface area contributed by atoms with E-state index in [-0.39, 0.29) is 10.6 Å². The molecule has 1 atom stereocenters. The molecule has 3 aromatic carbocycles. The van der Waals surface area contributed by atoms with Gasteiger partial charge in [0, 0.05) is 11.6 Å². The fraction of sp³-hybridized carbons (Fsp3) is 0.174. The molecule has 0 spiro atoms. The van der Waals surface area contributed by atoms with E-state index in [1.807, 2.05) is 36.4 Å². The Morgan fingerprint density at radius 2 is 1.69 bits per heavy atom. The van der Waals surface area contributed by atoms with E-state index in [1.165, 1.54) is 6.07 Å². The van der Waals surface area contributed by atoms with Crippen molar-refractivity contribution >= 4 is 29.2 Å². The second-order valence-electron chi connectivity index (χ2n) is 6.72. The van der Waals surface area contributed by atoms with Crippen molar-refractivity contribution in [2.24, 2.45) is 0 Å². The summed E-state index contributed by atoms with van der Waals surface area (Å²) in [5, 5.41) is 23.4. The average Bonchev–Trinajstić information content (AvgIpc) is 2.71. The number of hydrogen-bond acceptors (Lipinski definition) is 3. The van der Waals surface area contributed by atoms with E-state index >= 15 is 0 Å². The van der Waals surface area contributed by atoms with Gasteiger partial charge in [-0.15, -0.1) is 0 Å². The molecular formula is C23H21Cl2NO3. The van der Waals surface area contributed by atoms with E-state index in [0.717, 1.165) is 35.2 Å². The summed E-state index contributed by atoms with van der Waals surface area (Å²) in [4.78, 5) is 11.1. The standard InChI is InChI=1S/C23H21Cl2NO3/c24-19-3-1-2-18(12-19)22(27)14-26-11-10-15-4-6-16(7-5-15)17-8-9-20(23(28)29)21(25)13-17/h1-9,12-13,22,26-27H,10-11,14H2,(H,28,29)/t22-/m0/s1. The Labute approximate surface area is 179 Å². The van der Waals surface area contributed by atoms with Crippen LogP contribution in [0.5, 0.6) is 0 Å². The molecule has 0 aliphatic heterocycles. The fourth-order valence-electron chi connectivity index (χ4n) is 3.04. The third-order valence-corrected chi connectivity index (χ3v) is 5.20. The molecular weight excluding hydrogens is 409 g/mol. The molecule has 3 aromatic rings. The van der Waals surface area contributed by atoms with E-state index in [9.17, 15) is 9.90 Å². The summed E-state index contributed by atoms with van der Waals surface area (Å²) >= 11 is 12.0. The van der Waals surface area contributed by atoms with Gasteiger partial charge in [0.15, 0.2) is 0 Å². The number of halogens is 2. The maximum atomic E-state index is 11.1. The predicted molar refractivity (Wildman–Crippen MR) is 117 cm³/mol. The van der Waals surface area contributed by atoms with Crippen LogP contribution in [0.15, 0.2) is 66.7 Å². The van der Waals surface area contributed by atoms with Crippen LogP contribution < -0.4 is 5.32 Å². The Hall–Kier alpha value is -2.37. The van der Waals surface area contributed by atoms with Crippen LogP contribution >= 0.6 is 23.2 Å². The molecule has 150 valence electrons. The van der Waals surface area contributed by atoms with Crippen molar-refractivity contribution in [2.45, 2.75) is 12.5 Å². The fourth-order valence-corrected chi connectivity index (χ4v) is 3.50. The second kappa shape index (κ2) is 9.90. The maximum absolute atomic E-state index is 11.1. The number of hydrogen-bond donors (Lipinski definition) is 3. The Morgan fingerprint density at radius 3 is 2.34 bits per heavy atom. The van der Waals surface area contributed by atoms with Crippen molar-refractivity contribution in [3.63, 3.8) is 0 Å².